The highest BCUT2D eigenvalue weighted by atomic mass is 16.6. The van der Waals surface area contributed by atoms with E-state index in [1.54, 1.807) is 30.3 Å². The number of nitrogens with zero attached hydrogens (tertiary/aromatic N) is 2. The van der Waals surface area contributed by atoms with Crippen molar-refractivity contribution in [3.63, 3.8) is 0 Å². The van der Waals surface area contributed by atoms with Crippen molar-refractivity contribution in [2.45, 2.75) is 0 Å². The normalized spacial score (nSPS) is 13.5. The molecule has 0 unspecified atom stereocenters. The van der Waals surface area contributed by atoms with Crippen LogP contribution >= 0.6 is 0 Å². The van der Waals surface area contributed by atoms with Crippen molar-refractivity contribution >= 4 is 16.9 Å². The fraction of sp³-hybridized carbons (Fsp3) is 0.111. The summed E-state index contributed by atoms with van der Waals surface area (Å²) in [5.41, 5.74) is 7.14. The minimum Gasteiger partial charge on any atom is -0.449 e. The first-order valence-corrected chi connectivity index (χ1v) is 7.45. The van der Waals surface area contributed by atoms with Gasteiger partial charge in [-0.1, -0.05) is 30.4 Å². The molecule has 2 aromatic rings. The Kier molecular flexibility index (Phi) is 4.20. The van der Waals surface area contributed by atoms with Crippen LogP contribution in [0.1, 0.15) is 5.56 Å². The largest absolute Gasteiger partial charge is 0.449 e. The standard InChI is InChI=1S/C18H17N3O3/c1-20-11-5-6-13(12-20)15-9-10-16(19)17(21(22)23)18(15)24-14-7-3-2-4-8-14/h2-10,12H,11,19H2,1H3. The summed E-state index contributed by atoms with van der Waals surface area (Å²) < 4.78 is 5.86. The summed E-state index contributed by atoms with van der Waals surface area (Å²) in [5.74, 6) is 0.665. The Bertz CT molecular complexity index is 829. The number of hydrogen-bond donors (Lipinski definition) is 1. The SMILES string of the molecule is CN1C=C(c2ccc(N)c([N+](=O)[O-])c2Oc2ccccc2)C=CC1. The van der Waals surface area contributed by atoms with Crippen molar-refractivity contribution in [1.82, 2.24) is 4.90 Å². The van der Waals surface area contributed by atoms with E-state index < -0.39 is 4.92 Å². The molecule has 1 aliphatic rings. The molecular weight excluding hydrogens is 306 g/mol. The monoisotopic (exact) mass is 323 g/mol. The predicted molar refractivity (Wildman–Crippen MR) is 93.8 cm³/mol. The van der Waals surface area contributed by atoms with Crippen molar-refractivity contribution in [3.8, 4) is 11.5 Å². The highest BCUT2D eigenvalue weighted by Crippen LogP contribution is 2.42. The van der Waals surface area contributed by atoms with E-state index in [9.17, 15) is 10.1 Å². The maximum absolute atomic E-state index is 11.5. The van der Waals surface area contributed by atoms with Crippen LogP contribution in [-0.2, 0) is 0 Å². The van der Waals surface area contributed by atoms with Gasteiger partial charge < -0.3 is 15.4 Å². The maximum Gasteiger partial charge on any atom is 0.334 e. The molecule has 0 spiro atoms. The molecule has 3 rings (SSSR count). The first-order valence-electron chi connectivity index (χ1n) is 7.45. The number of nitro groups is 1. The molecule has 0 saturated carbocycles. The van der Waals surface area contributed by atoms with Crippen LogP contribution in [0.2, 0.25) is 0 Å². The molecular formula is C18H17N3O3. The number of nitrogens with two attached hydrogens (primary N) is 1. The van der Waals surface area contributed by atoms with Crippen LogP contribution in [0.5, 0.6) is 11.5 Å². The number of allylic oxidation sites excluding steroid dienone is 2. The molecule has 0 radical (unpaired) electrons. The quantitative estimate of drug-likeness (QED) is 0.525. The molecule has 6 nitrogen and oxygen atoms in total. The molecule has 1 aliphatic heterocycles. The average Bonchev–Trinajstić information content (AvgIpc) is 2.55. The third kappa shape index (κ3) is 3.08. The second kappa shape index (κ2) is 6.45. The number of anilines is 1. The van der Waals surface area contributed by atoms with Crippen LogP contribution in [0.25, 0.3) is 5.57 Å². The molecule has 2 N–H and O–H groups in total. The van der Waals surface area contributed by atoms with Gasteiger partial charge in [0.1, 0.15) is 11.4 Å². The zero-order chi connectivity index (χ0) is 17.1. The summed E-state index contributed by atoms with van der Waals surface area (Å²) in [4.78, 5) is 13.0. The minimum atomic E-state index is -0.506. The Morgan fingerprint density at radius 2 is 1.96 bits per heavy atom. The van der Waals surface area contributed by atoms with Gasteiger partial charge in [-0.2, -0.15) is 0 Å². The predicted octanol–water partition coefficient (Wildman–Crippen LogP) is 3.81. The van der Waals surface area contributed by atoms with Crippen LogP contribution in [0.4, 0.5) is 11.4 Å². The van der Waals surface area contributed by atoms with Crippen molar-refractivity contribution < 1.29 is 9.66 Å². The number of ether oxygens (including phenoxy) is 1. The summed E-state index contributed by atoms with van der Waals surface area (Å²) in [7, 11) is 1.94. The van der Waals surface area contributed by atoms with Gasteiger partial charge in [-0.25, -0.2) is 0 Å². The minimum absolute atomic E-state index is 0.0726. The molecule has 0 bridgehead atoms. The number of benzene rings is 2. The Morgan fingerprint density at radius 1 is 1.21 bits per heavy atom. The van der Waals surface area contributed by atoms with Crippen LogP contribution in [0.3, 0.4) is 0 Å². The van der Waals surface area contributed by atoms with Gasteiger partial charge in [0.25, 0.3) is 0 Å². The summed E-state index contributed by atoms with van der Waals surface area (Å²) in [5, 5.41) is 11.5. The summed E-state index contributed by atoms with van der Waals surface area (Å²) in [6, 6.07) is 12.2. The molecule has 2 aromatic carbocycles. The third-order valence-electron chi connectivity index (χ3n) is 3.67. The zero-order valence-electron chi connectivity index (χ0n) is 13.2. The van der Waals surface area contributed by atoms with Gasteiger partial charge in [0.2, 0.25) is 5.75 Å². The second-order valence-corrected chi connectivity index (χ2v) is 5.48. The molecule has 1 heterocycles. The van der Waals surface area contributed by atoms with E-state index in [1.807, 2.05) is 36.4 Å². The average molecular weight is 323 g/mol. The van der Waals surface area contributed by atoms with Gasteiger partial charge in [0.15, 0.2) is 0 Å². The molecule has 0 aliphatic carbocycles. The smallest absolute Gasteiger partial charge is 0.334 e. The van der Waals surface area contributed by atoms with E-state index in [-0.39, 0.29) is 17.1 Å². The van der Waals surface area contributed by atoms with Crippen LogP contribution in [-0.4, -0.2) is 23.4 Å². The molecule has 24 heavy (non-hydrogen) atoms. The van der Waals surface area contributed by atoms with E-state index in [0.717, 1.165) is 12.1 Å². The van der Waals surface area contributed by atoms with Gasteiger partial charge in [0, 0.05) is 30.9 Å². The first-order chi connectivity index (χ1) is 11.6. The molecule has 0 saturated heterocycles. The van der Waals surface area contributed by atoms with Gasteiger partial charge in [-0.3, -0.25) is 10.1 Å². The van der Waals surface area contributed by atoms with Gasteiger partial charge in [-0.05, 0) is 24.3 Å². The number of nitrogen functional groups attached to an aromatic ring is 1. The molecule has 0 atom stereocenters. The van der Waals surface area contributed by atoms with Gasteiger partial charge >= 0.3 is 5.69 Å². The van der Waals surface area contributed by atoms with E-state index >= 15 is 0 Å². The lowest BCUT2D eigenvalue weighted by molar-refractivity contribution is -0.384. The van der Waals surface area contributed by atoms with E-state index in [2.05, 4.69) is 0 Å². The number of likely N-dealkylation sites (N-methyl/N-ethyl adjacent to an activating group) is 1. The topological polar surface area (TPSA) is 81.6 Å². The Balaban J connectivity index is 2.17. The van der Waals surface area contributed by atoms with Crippen molar-refractivity contribution in [3.05, 3.63) is 76.5 Å². The van der Waals surface area contributed by atoms with E-state index in [4.69, 9.17) is 10.5 Å². The Morgan fingerprint density at radius 3 is 2.62 bits per heavy atom. The highest BCUT2D eigenvalue weighted by molar-refractivity contribution is 5.84. The van der Waals surface area contributed by atoms with E-state index in [1.165, 1.54) is 6.07 Å². The second-order valence-electron chi connectivity index (χ2n) is 5.48. The fourth-order valence-electron chi connectivity index (χ4n) is 2.55. The van der Waals surface area contributed by atoms with Gasteiger partial charge in [0.05, 0.1) is 4.92 Å². The van der Waals surface area contributed by atoms with Crippen LogP contribution < -0.4 is 10.5 Å². The third-order valence-corrected chi connectivity index (χ3v) is 3.67. The van der Waals surface area contributed by atoms with Crippen molar-refractivity contribution in [2.75, 3.05) is 19.3 Å². The molecule has 0 aromatic heterocycles. The number of hydrogen-bond acceptors (Lipinski definition) is 5. The number of nitro benzene ring substituents is 1. The highest BCUT2D eigenvalue weighted by Gasteiger charge is 2.25. The summed E-state index contributed by atoms with van der Waals surface area (Å²) in [6.07, 6.45) is 5.84. The maximum atomic E-state index is 11.5. The molecule has 6 heteroatoms. The lowest BCUT2D eigenvalue weighted by atomic mass is 10.0. The molecule has 0 amide bonds. The number of para-hydroxylation sites is 1. The fourth-order valence-corrected chi connectivity index (χ4v) is 2.55. The zero-order valence-corrected chi connectivity index (χ0v) is 13.2. The number of rotatable bonds is 4. The molecule has 122 valence electrons. The Labute approximate surface area is 139 Å². The molecule has 0 fully saturated rings. The first kappa shape index (κ1) is 15.6. The van der Waals surface area contributed by atoms with Crippen LogP contribution in [0, 0.1) is 10.1 Å². The van der Waals surface area contributed by atoms with Crippen LogP contribution in [0.15, 0.2) is 60.8 Å². The van der Waals surface area contributed by atoms with Gasteiger partial charge in [-0.15, -0.1) is 0 Å². The van der Waals surface area contributed by atoms with Crippen molar-refractivity contribution in [2.24, 2.45) is 0 Å². The lowest BCUT2D eigenvalue weighted by Gasteiger charge is -2.20. The lowest BCUT2D eigenvalue weighted by Crippen LogP contribution is -2.14. The summed E-state index contributed by atoms with van der Waals surface area (Å²) in [6.45, 7) is 0.787. The summed E-state index contributed by atoms with van der Waals surface area (Å²) >= 11 is 0. The van der Waals surface area contributed by atoms with E-state index in [0.29, 0.717) is 11.3 Å². The Hall–Kier alpha value is -3.28. The van der Waals surface area contributed by atoms with Crippen molar-refractivity contribution in [1.29, 1.82) is 0 Å².